The van der Waals surface area contributed by atoms with Crippen molar-refractivity contribution >= 4 is 11.0 Å². The van der Waals surface area contributed by atoms with Crippen LogP contribution in [0.3, 0.4) is 0 Å². The summed E-state index contributed by atoms with van der Waals surface area (Å²) < 4.78 is 5.57. The van der Waals surface area contributed by atoms with E-state index in [-0.39, 0.29) is 0 Å². The zero-order valence-corrected chi connectivity index (χ0v) is 12.2. The largest absolute Gasteiger partial charge is 0.494 e. The Kier molecular flexibility index (Phi) is 2.70. The quantitative estimate of drug-likeness (QED) is 0.782. The van der Waals surface area contributed by atoms with Gasteiger partial charge in [-0.2, -0.15) is 5.10 Å². The van der Waals surface area contributed by atoms with Crippen molar-refractivity contribution in [2.45, 2.75) is 26.2 Å². The number of hydrogen-bond acceptors (Lipinski definition) is 3. The Morgan fingerprint density at radius 3 is 3.00 bits per heavy atom. The third kappa shape index (κ3) is 1.82. The summed E-state index contributed by atoms with van der Waals surface area (Å²) >= 11 is 0. The van der Waals surface area contributed by atoms with Crippen molar-refractivity contribution in [2.75, 3.05) is 7.11 Å². The van der Waals surface area contributed by atoms with E-state index < -0.39 is 0 Å². The molecule has 0 radical (unpaired) electrons. The minimum absolute atomic E-state index is 0.798. The second-order valence-electron chi connectivity index (χ2n) is 5.54. The molecule has 0 aliphatic heterocycles. The van der Waals surface area contributed by atoms with Gasteiger partial charge in [0.15, 0.2) is 0 Å². The van der Waals surface area contributed by atoms with Gasteiger partial charge in [0.2, 0.25) is 0 Å². The van der Waals surface area contributed by atoms with Crippen LogP contribution in [0.4, 0.5) is 0 Å². The normalized spacial score (nSPS) is 13.6. The number of aryl methyl sites for hydroxylation is 2. The van der Waals surface area contributed by atoms with Gasteiger partial charge in [-0.25, -0.2) is 4.98 Å². The molecule has 21 heavy (non-hydrogen) atoms. The molecule has 1 aromatic carbocycles. The first-order chi connectivity index (χ1) is 10.3. The topological polar surface area (TPSA) is 50.8 Å². The lowest BCUT2D eigenvalue weighted by molar-refractivity contribution is 0.415. The molecule has 1 N–H and O–H groups in total. The predicted octanol–water partition coefficient (Wildman–Crippen LogP) is 3.43. The Bertz CT molecular complexity index is 835. The summed E-state index contributed by atoms with van der Waals surface area (Å²) in [6.07, 6.45) is 3.51. The molecular formula is C17H17N3O. The summed E-state index contributed by atoms with van der Waals surface area (Å²) in [5.41, 5.74) is 7.74. The van der Waals surface area contributed by atoms with E-state index in [1.54, 1.807) is 7.11 Å². The molecule has 0 fully saturated rings. The van der Waals surface area contributed by atoms with Gasteiger partial charge >= 0.3 is 0 Å². The van der Waals surface area contributed by atoms with E-state index >= 15 is 0 Å². The van der Waals surface area contributed by atoms with Crippen molar-refractivity contribution < 1.29 is 4.74 Å². The van der Waals surface area contributed by atoms with E-state index in [2.05, 4.69) is 28.4 Å². The zero-order chi connectivity index (χ0) is 14.4. The highest BCUT2D eigenvalue weighted by Gasteiger charge is 2.20. The van der Waals surface area contributed by atoms with Crippen LogP contribution in [0.2, 0.25) is 0 Å². The number of hydrogen-bond donors (Lipinski definition) is 1. The van der Waals surface area contributed by atoms with Crippen molar-refractivity contribution in [3.05, 3.63) is 41.1 Å². The fraction of sp³-hybridized carbons (Fsp3) is 0.294. The van der Waals surface area contributed by atoms with Gasteiger partial charge in [0.05, 0.1) is 18.3 Å². The van der Waals surface area contributed by atoms with Crippen LogP contribution in [0.25, 0.3) is 22.3 Å². The van der Waals surface area contributed by atoms with Crippen LogP contribution in [-0.4, -0.2) is 22.3 Å². The van der Waals surface area contributed by atoms with E-state index in [1.807, 2.05) is 13.0 Å². The minimum Gasteiger partial charge on any atom is -0.494 e. The Morgan fingerprint density at radius 1 is 1.24 bits per heavy atom. The summed E-state index contributed by atoms with van der Waals surface area (Å²) in [5.74, 6) is 0.798. The fourth-order valence-electron chi connectivity index (χ4n) is 3.24. The summed E-state index contributed by atoms with van der Waals surface area (Å²) in [4.78, 5) is 4.83. The maximum atomic E-state index is 5.57. The number of aromatic nitrogens is 3. The van der Waals surface area contributed by atoms with Crippen molar-refractivity contribution in [3.63, 3.8) is 0 Å². The first-order valence-corrected chi connectivity index (χ1v) is 7.29. The van der Waals surface area contributed by atoms with Crippen LogP contribution in [-0.2, 0) is 12.8 Å². The molecule has 4 nitrogen and oxygen atoms in total. The second-order valence-corrected chi connectivity index (χ2v) is 5.54. The highest BCUT2D eigenvalue weighted by Crippen LogP contribution is 2.37. The molecule has 4 heteroatoms. The zero-order valence-electron chi connectivity index (χ0n) is 12.2. The van der Waals surface area contributed by atoms with Gasteiger partial charge in [-0.3, -0.25) is 5.10 Å². The molecule has 0 saturated heterocycles. The molecule has 0 unspecified atom stereocenters. The van der Waals surface area contributed by atoms with Crippen molar-refractivity contribution in [1.82, 2.24) is 15.2 Å². The van der Waals surface area contributed by atoms with Gasteiger partial charge in [-0.05, 0) is 37.3 Å². The third-order valence-electron chi connectivity index (χ3n) is 4.30. The van der Waals surface area contributed by atoms with Gasteiger partial charge in [0.1, 0.15) is 17.0 Å². The number of nitrogens with one attached hydrogen (secondary N) is 1. The maximum Gasteiger partial charge on any atom is 0.147 e. The first kappa shape index (κ1) is 12.4. The molecule has 1 aliphatic rings. The van der Waals surface area contributed by atoms with Crippen LogP contribution >= 0.6 is 0 Å². The van der Waals surface area contributed by atoms with Crippen LogP contribution < -0.4 is 4.74 Å². The van der Waals surface area contributed by atoms with Gasteiger partial charge < -0.3 is 4.74 Å². The van der Waals surface area contributed by atoms with Gasteiger partial charge in [0, 0.05) is 11.6 Å². The molecule has 0 saturated carbocycles. The number of ether oxygens (including phenoxy) is 1. The van der Waals surface area contributed by atoms with Crippen LogP contribution in [0.15, 0.2) is 24.3 Å². The highest BCUT2D eigenvalue weighted by atomic mass is 16.5. The molecule has 0 amide bonds. The smallest absolute Gasteiger partial charge is 0.147 e. The molecule has 1 aliphatic carbocycles. The van der Waals surface area contributed by atoms with E-state index in [9.17, 15) is 0 Å². The predicted molar refractivity (Wildman–Crippen MR) is 82.6 cm³/mol. The summed E-state index contributed by atoms with van der Waals surface area (Å²) in [5, 5.41) is 7.24. The molecule has 106 valence electrons. The minimum atomic E-state index is 0.798. The summed E-state index contributed by atoms with van der Waals surface area (Å²) in [7, 11) is 1.69. The number of methoxy groups -OCH3 is 1. The number of pyridine rings is 1. The molecule has 0 spiro atoms. The number of benzene rings is 1. The lowest BCUT2D eigenvalue weighted by Crippen LogP contribution is -1.96. The molecule has 2 aromatic heterocycles. The Balaban J connectivity index is 2.01. The van der Waals surface area contributed by atoms with E-state index in [0.29, 0.717) is 0 Å². The lowest BCUT2D eigenvalue weighted by Gasteiger charge is -2.12. The Hall–Kier alpha value is -2.36. The van der Waals surface area contributed by atoms with Gasteiger partial charge in [-0.1, -0.05) is 18.2 Å². The maximum absolute atomic E-state index is 5.57. The molecule has 0 atom stereocenters. The standard InChI is InChI=1S/C17H17N3O/c1-10-16-14(20-19-10)9-15(21-2)17(18-16)13-8-4-6-11-5-3-7-12(11)13/h4,6,8-9H,3,5,7H2,1-2H3,(H,19,20). The number of nitrogens with zero attached hydrogens (tertiary/aromatic N) is 2. The number of aromatic amines is 1. The number of rotatable bonds is 2. The molecule has 2 heterocycles. The first-order valence-electron chi connectivity index (χ1n) is 7.29. The second kappa shape index (κ2) is 4.58. The number of fused-ring (bicyclic) bond motifs is 2. The molecular weight excluding hydrogens is 262 g/mol. The van der Waals surface area contributed by atoms with Crippen LogP contribution in [0, 0.1) is 6.92 Å². The van der Waals surface area contributed by atoms with Crippen molar-refractivity contribution in [3.8, 4) is 17.0 Å². The number of H-pyrrole nitrogens is 1. The van der Waals surface area contributed by atoms with Crippen LogP contribution in [0.5, 0.6) is 5.75 Å². The average Bonchev–Trinajstić information content (AvgIpc) is 3.12. The highest BCUT2D eigenvalue weighted by molar-refractivity contribution is 5.84. The van der Waals surface area contributed by atoms with E-state index in [0.717, 1.165) is 34.6 Å². The Morgan fingerprint density at radius 2 is 2.14 bits per heavy atom. The van der Waals surface area contributed by atoms with Crippen molar-refractivity contribution in [1.29, 1.82) is 0 Å². The van der Waals surface area contributed by atoms with Gasteiger partial charge in [-0.15, -0.1) is 0 Å². The SMILES string of the molecule is COc1cc2[nH]nc(C)c2nc1-c1cccc2c1CCC2. The van der Waals surface area contributed by atoms with Crippen LogP contribution in [0.1, 0.15) is 23.2 Å². The summed E-state index contributed by atoms with van der Waals surface area (Å²) in [6, 6.07) is 8.48. The monoisotopic (exact) mass is 279 g/mol. The fourth-order valence-corrected chi connectivity index (χ4v) is 3.24. The van der Waals surface area contributed by atoms with Crippen molar-refractivity contribution in [2.24, 2.45) is 0 Å². The molecule has 4 rings (SSSR count). The summed E-state index contributed by atoms with van der Waals surface area (Å²) in [6.45, 7) is 1.97. The Labute approximate surface area is 123 Å². The molecule has 0 bridgehead atoms. The van der Waals surface area contributed by atoms with E-state index in [4.69, 9.17) is 9.72 Å². The van der Waals surface area contributed by atoms with Gasteiger partial charge in [0.25, 0.3) is 0 Å². The third-order valence-corrected chi connectivity index (χ3v) is 4.30. The van der Waals surface area contributed by atoms with E-state index in [1.165, 1.54) is 29.5 Å². The average molecular weight is 279 g/mol. The lowest BCUT2D eigenvalue weighted by atomic mass is 9.99. The molecule has 3 aromatic rings.